The van der Waals surface area contributed by atoms with Crippen LogP contribution in [0.3, 0.4) is 0 Å². The molecule has 0 saturated carbocycles. The van der Waals surface area contributed by atoms with Crippen molar-refractivity contribution in [2.45, 2.75) is 36.8 Å². The molecule has 25 heavy (non-hydrogen) atoms. The Labute approximate surface area is 147 Å². The molecule has 0 bridgehead atoms. The fraction of sp³-hybridized carbons (Fsp3) is 0.350. The zero-order chi connectivity index (χ0) is 17.8. The first-order valence-electron chi connectivity index (χ1n) is 8.44. The molecule has 3 rings (SSSR count). The third-order valence-corrected chi connectivity index (χ3v) is 4.82. The summed E-state index contributed by atoms with van der Waals surface area (Å²) in [5.41, 5.74) is 8.40. The lowest BCUT2D eigenvalue weighted by atomic mass is 9.84. The fourth-order valence-electron chi connectivity index (χ4n) is 3.58. The molecule has 1 heterocycles. The molecule has 0 radical (unpaired) electrons. The maximum atomic E-state index is 13.7. The summed E-state index contributed by atoms with van der Waals surface area (Å²) in [6.45, 7) is 0.0311. The maximum Gasteiger partial charge on any atom is 0.124 e. The standard InChI is InChI=1S/C20H22FN3O/c21-16-11-17(12-22)24(13-16)20(25)19(23)18(14-7-3-1-4-8-14)15-9-5-2-6-10-15/h1-10,16-20,25H,11,13,23H2/t16-,17-,19-,20?/m0/s1. The van der Waals surface area contributed by atoms with Gasteiger partial charge in [0.25, 0.3) is 0 Å². The minimum atomic E-state index is -1.11. The number of halogens is 1. The van der Waals surface area contributed by atoms with E-state index in [-0.39, 0.29) is 18.9 Å². The topological polar surface area (TPSA) is 73.3 Å². The van der Waals surface area contributed by atoms with Crippen molar-refractivity contribution in [3.05, 3.63) is 71.8 Å². The molecule has 2 aromatic rings. The number of nitriles is 1. The van der Waals surface area contributed by atoms with Crippen LogP contribution in [0.25, 0.3) is 0 Å². The zero-order valence-corrected chi connectivity index (χ0v) is 13.9. The van der Waals surface area contributed by atoms with Gasteiger partial charge in [-0.15, -0.1) is 0 Å². The van der Waals surface area contributed by atoms with Crippen LogP contribution >= 0.6 is 0 Å². The van der Waals surface area contributed by atoms with E-state index < -0.39 is 24.5 Å². The summed E-state index contributed by atoms with van der Waals surface area (Å²) in [5, 5.41) is 20.1. The third-order valence-electron chi connectivity index (χ3n) is 4.82. The van der Waals surface area contributed by atoms with Gasteiger partial charge in [-0.05, 0) is 11.1 Å². The van der Waals surface area contributed by atoms with Crippen LogP contribution in [0.1, 0.15) is 23.5 Å². The SMILES string of the molecule is N#C[C@@H]1C[C@H](F)CN1C(O)[C@@H](N)C(c1ccccc1)c1ccccc1. The Bertz CT molecular complexity index is 679. The van der Waals surface area contributed by atoms with Crippen molar-refractivity contribution < 1.29 is 9.50 Å². The number of hydrogen-bond donors (Lipinski definition) is 2. The Balaban J connectivity index is 1.92. The molecule has 0 amide bonds. The van der Waals surface area contributed by atoms with Crippen LogP contribution in [0.2, 0.25) is 0 Å². The lowest BCUT2D eigenvalue weighted by Crippen LogP contribution is -2.52. The van der Waals surface area contributed by atoms with E-state index in [0.717, 1.165) is 11.1 Å². The number of alkyl halides is 1. The molecule has 0 aromatic heterocycles. The molecule has 1 unspecified atom stereocenters. The number of nitrogens with zero attached hydrogens (tertiary/aromatic N) is 2. The van der Waals surface area contributed by atoms with Gasteiger partial charge in [0, 0.05) is 18.9 Å². The minimum Gasteiger partial charge on any atom is -0.377 e. The van der Waals surface area contributed by atoms with Gasteiger partial charge >= 0.3 is 0 Å². The number of benzene rings is 2. The monoisotopic (exact) mass is 339 g/mol. The summed E-state index contributed by atoms with van der Waals surface area (Å²) >= 11 is 0. The van der Waals surface area contributed by atoms with Gasteiger partial charge in [0.1, 0.15) is 18.4 Å². The molecule has 130 valence electrons. The summed E-state index contributed by atoms with van der Waals surface area (Å²) in [6.07, 6.45) is -2.10. The summed E-state index contributed by atoms with van der Waals surface area (Å²) < 4.78 is 13.7. The second kappa shape index (κ2) is 7.75. The Hall–Kier alpha value is -2.26. The number of aliphatic hydroxyl groups excluding tert-OH is 1. The number of rotatable bonds is 5. The van der Waals surface area contributed by atoms with Crippen molar-refractivity contribution in [2.24, 2.45) is 5.73 Å². The highest BCUT2D eigenvalue weighted by atomic mass is 19.1. The molecule has 1 aliphatic rings. The van der Waals surface area contributed by atoms with E-state index in [4.69, 9.17) is 5.73 Å². The molecule has 2 aromatic carbocycles. The largest absolute Gasteiger partial charge is 0.377 e. The highest BCUT2D eigenvalue weighted by molar-refractivity contribution is 5.34. The lowest BCUT2D eigenvalue weighted by molar-refractivity contribution is -0.0186. The molecule has 5 heteroatoms. The van der Waals surface area contributed by atoms with E-state index in [2.05, 4.69) is 6.07 Å². The highest BCUT2D eigenvalue weighted by Gasteiger charge is 2.40. The first-order valence-corrected chi connectivity index (χ1v) is 8.44. The van der Waals surface area contributed by atoms with Crippen molar-refractivity contribution in [1.82, 2.24) is 4.90 Å². The van der Waals surface area contributed by atoms with E-state index in [1.807, 2.05) is 60.7 Å². The molecule has 1 saturated heterocycles. The van der Waals surface area contributed by atoms with E-state index in [1.54, 1.807) is 0 Å². The molecule has 0 aliphatic carbocycles. The van der Waals surface area contributed by atoms with Gasteiger partial charge in [-0.1, -0.05) is 60.7 Å². The van der Waals surface area contributed by atoms with Gasteiger partial charge in [-0.2, -0.15) is 5.26 Å². The normalized spacial score (nSPS) is 23.3. The molecular weight excluding hydrogens is 317 g/mol. The predicted octanol–water partition coefficient (Wildman–Crippen LogP) is 2.40. The number of aliphatic hydroxyl groups is 1. The number of hydrogen-bond acceptors (Lipinski definition) is 4. The summed E-state index contributed by atoms with van der Waals surface area (Å²) in [5.74, 6) is -0.254. The zero-order valence-electron chi connectivity index (χ0n) is 13.9. The van der Waals surface area contributed by atoms with E-state index >= 15 is 0 Å². The molecule has 0 spiro atoms. The summed E-state index contributed by atoms with van der Waals surface area (Å²) in [4.78, 5) is 1.48. The van der Waals surface area contributed by atoms with Crippen LogP contribution < -0.4 is 5.73 Å². The average Bonchev–Trinajstić information content (AvgIpc) is 3.04. The molecule has 1 aliphatic heterocycles. The van der Waals surface area contributed by atoms with Crippen LogP contribution in [0.15, 0.2) is 60.7 Å². The van der Waals surface area contributed by atoms with Gasteiger partial charge in [-0.25, -0.2) is 4.39 Å². The average molecular weight is 339 g/mol. The van der Waals surface area contributed by atoms with Crippen LogP contribution in [0.5, 0.6) is 0 Å². The first-order chi connectivity index (χ1) is 12.1. The maximum absolute atomic E-state index is 13.7. The van der Waals surface area contributed by atoms with Gasteiger partial charge in [-0.3, -0.25) is 4.90 Å². The van der Waals surface area contributed by atoms with Crippen molar-refractivity contribution in [1.29, 1.82) is 5.26 Å². The van der Waals surface area contributed by atoms with E-state index in [0.29, 0.717) is 0 Å². The Morgan fingerprint density at radius 1 is 1.08 bits per heavy atom. The second-order valence-corrected chi connectivity index (χ2v) is 6.46. The van der Waals surface area contributed by atoms with Crippen molar-refractivity contribution in [3.8, 4) is 6.07 Å². The van der Waals surface area contributed by atoms with Crippen LogP contribution in [0.4, 0.5) is 4.39 Å². The number of nitrogens with two attached hydrogens (primary N) is 1. The van der Waals surface area contributed by atoms with Crippen LogP contribution in [0, 0.1) is 11.3 Å². The smallest absolute Gasteiger partial charge is 0.124 e. The van der Waals surface area contributed by atoms with E-state index in [9.17, 15) is 14.8 Å². The van der Waals surface area contributed by atoms with Crippen molar-refractivity contribution in [2.75, 3.05) is 6.54 Å². The van der Waals surface area contributed by atoms with E-state index in [1.165, 1.54) is 4.90 Å². The molecular formula is C20H22FN3O. The quantitative estimate of drug-likeness (QED) is 0.877. The predicted molar refractivity (Wildman–Crippen MR) is 94.3 cm³/mol. The van der Waals surface area contributed by atoms with Crippen LogP contribution in [-0.4, -0.2) is 41.0 Å². The molecule has 4 atom stereocenters. The lowest BCUT2D eigenvalue weighted by Gasteiger charge is -2.35. The van der Waals surface area contributed by atoms with Gasteiger partial charge in [0.15, 0.2) is 0 Å². The molecule has 3 N–H and O–H groups in total. The Morgan fingerprint density at radius 2 is 1.60 bits per heavy atom. The highest BCUT2D eigenvalue weighted by Crippen LogP contribution is 2.31. The second-order valence-electron chi connectivity index (χ2n) is 6.46. The van der Waals surface area contributed by atoms with Gasteiger partial charge in [0.2, 0.25) is 0 Å². The van der Waals surface area contributed by atoms with Crippen molar-refractivity contribution >= 4 is 0 Å². The third kappa shape index (κ3) is 3.72. The molecule has 4 nitrogen and oxygen atoms in total. The van der Waals surface area contributed by atoms with Crippen LogP contribution in [-0.2, 0) is 0 Å². The molecule has 1 fully saturated rings. The van der Waals surface area contributed by atoms with Crippen molar-refractivity contribution in [3.63, 3.8) is 0 Å². The van der Waals surface area contributed by atoms with Gasteiger partial charge < -0.3 is 10.8 Å². The first kappa shape index (κ1) is 17.6. The van der Waals surface area contributed by atoms with Gasteiger partial charge in [0.05, 0.1) is 12.1 Å². The minimum absolute atomic E-state index is 0.0311. The summed E-state index contributed by atoms with van der Waals surface area (Å²) in [7, 11) is 0. The fourth-order valence-corrected chi connectivity index (χ4v) is 3.58. The summed E-state index contributed by atoms with van der Waals surface area (Å²) in [6, 6.07) is 20.1. The Kier molecular flexibility index (Phi) is 5.44. The number of likely N-dealkylation sites (tertiary alicyclic amines) is 1. The Morgan fingerprint density at radius 3 is 2.08 bits per heavy atom.